The quantitative estimate of drug-likeness (QED) is 0.682. The number of ether oxygens (including phenoxy) is 1. The Hall–Kier alpha value is -0.610. The van der Waals surface area contributed by atoms with Crippen LogP contribution < -0.4 is 5.32 Å². The van der Waals surface area contributed by atoms with Crippen molar-refractivity contribution in [2.45, 2.75) is 64.1 Å². The summed E-state index contributed by atoms with van der Waals surface area (Å²) in [6, 6.07) is 1.05. The van der Waals surface area contributed by atoms with Crippen LogP contribution >= 0.6 is 0 Å². The van der Waals surface area contributed by atoms with E-state index in [1.165, 1.54) is 25.7 Å². The summed E-state index contributed by atoms with van der Waals surface area (Å²) in [7, 11) is 2.12. The predicted octanol–water partition coefficient (Wildman–Crippen LogP) is 1.79. The summed E-state index contributed by atoms with van der Waals surface area (Å²) >= 11 is 0. The standard InChI is InChI=1S/C15H28N2O2/c1-5-19-14(18)15(3,16-13-8-9-13)10-17(4)11(2)12-6-7-12/h11-13,16H,5-10H2,1-4H3. The number of hydrogen-bond donors (Lipinski definition) is 1. The minimum Gasteiger partial charge on any atom is -0.465 e. The zero-order chi connectivity index (χ0) is 14.0. The first-order valence-electron chi connectivity index (χ1n) is 7.61. The second-order valence-electron chi connectivity index (χ2n) is 6.46. The van der Waals surface area contributed by atoms with E-state index in [9.17, 15) is 4.79 Å². The van der Waals surface area contributed by atoms with E-state index in [4.69, 9.17) is 4.74 Å². The molecule has 0 radical (unpaired) electrons. The highest BCUT2D eigenvalue weighted by Gasteiger charge is 2.42. The highest BCUT2D eigenvalue weighted by atomic mass is 16.5. The van der Waals surface area contributed by atoms with Gasteiger partial charge in [-0.1, -0.05) is 0 Å². The Morgan fingerprint density at radius 2 is 2.05 bits per heavy atom. The number of likely N-dealkylation sites (N-methyl/N-ethyl adjacent to an activating group) is 1. The lowest BCUT2D eigenvalue weighted by Crippen LogP contribution is -2.59. The maximum atomic E-state index is 12.3. The van der Waals surface area contributed by atoms with Crippen molar-refractivity contribution in [1.29, 1.82) is 0 Å². The van der Waals surface area contributed by atoms with Crippen molar-refractivity contribution in [2.24, 2.45) is 5.92 Å². The van der Waals surface area contributed by atoms with Gasteiger partial charge in [0.2, 0.25) is 0 Å². The average Bonchev–Trinajstić information content (AvgIpc) is 3.21. The van der Waals surface area contributed by atoms with Crippen LogP contribution in [-0.2, 0) is 9.53 Å². The molecule has 0 aliphatic heterocycles. The van der Waals surface area contributed by atoms with Gasteiger partial charge in [-0.2, -0.15) is 0 Å². The summed E-state index contributed by atoms with van der Waals surface area (Å²) in [5.74, 6) is 0.703. The number of esters is 1. The highest BCUT2D eigenvalue weighted by molar-refractivity contribution is 5.80. The molecule has 2 atom stereocenters. The molecule has 19 heavy (non-hydrogen) atoms. The van der Waals surface area contributed by atoms with Gasteiger partial charge in [0.15, 0.2) is 0 Å². The van der Waals surface area contributed by atoms with E-state index in [-0.39, 0.29) is 5.97 Å². The van der Waals surface area contributed by atoms with Crippen molar-refractivity contribution in [3.8, 4) is 0 Å². The molecule has 0 aromatic rings. The number of carbonyl (C=O) groups is 1. The van der Waals surface area contributed by atoms with Crippen molar-refractivity contribution in [3.05, 3.63) is 0 Å². The summed E-state index contributed by atoms with van der Waals surface area (Å²) < 4.78 is 5.26. The number of carbonyl (C=O) groups excluding carboxylic acids is 1. The predicted molar refractivity (Wildman–Crippen MR) is 76.0 cm³/mol. The molecule has 1 N–H and O–H groups in total. The molecule has 2 rings (SSSR count). The maximum absolute atomic E-state index is 12.3. The van der Waals surface area contributed by atoms with Crippen LogP contribution in [0.1, 0.15) is 46.5 Å². The number of rotatable bonds is 8. The molecule has 0 aromatic heterocycles. The molecule has 2 aliphatic carbocycles. The lowest BCUT2D eigenvalue weighted by molar-refractivity contribution is -0.151. The Morgan fingerprint density at radius 1 is 1.42 bits per heavy atom. The first-order valence-corrected chi connectivity index (χ1v) is 7.61. The van der Waals surface area contributed by atoms with Gasteiger partial charge in [0, 0.05) is 18.6 Å². The lowest BCUT2D eigenvalue weighted by atomic mass is 10.00. The lowest BCUT2D eigenvalue weighted by Gasteiger charge is -2.35. The minimum atomic E-state index is -0.574. The first kappa shape index (κ1) is 14.8. The Kier molecular flexibility index (Phi) is 4.51. The molecule has 2 saturated carbocycles. The molecular weight excluding hydrogens is 240 g/mol. The Labute approximate surface area is 116 Å². The van der Waals surface area contributed by atoms with Gasteiger partial charge >= 0.3 is 5.97 Å². The molecule has 0 spiro atoms. The van der Waals surface area contributed by atoms with Crippen molar-refractivity contribution in [2.75, 3.05) is 20.2 Å². The van der Waals surface area contributed by atoms with Gasteiger partial charge in [-0.3, -0.25) is 10.1 Å². The van der Waals surface area contributed by atoms with E-state index in [0.717, 1.165) is 12.5 Å². The zero-order valence-corrected chi connectivity index (χ0v) is 12.7. The molecule has 0 amide bonds. The fourth-order valence-electron chi connectivity index (χ4n) is 2.72. The summed E-state index contributed by atoms with van der Waals surface area (Å²) in [6.45, 7) is 7.29. The molecule has 2 aliphatic rings. The summed E-state index contributed by atoms with van der Waals surface area (Å²) in [6.07, 6.45) is 5.02. The molecule has 0 saturated heterocycles. The largest absolute Gasteiger partial charge is 0.465 e. The van der Waals surface area contributed by atoms with Crippen LogP contribution in [0.4, 0.5) is 0 Å². The molecule has 0 aromatic carbocycles. The molecule has 2 fully saturated rings. The van der Waals surface area contributed by atoms with Crippen molar-refractivity contribution < 1.29 is 9.53 Å². The average molecular weight is 268 g/mol. The first-order chi connectivity index (χ1) is 8.96. The van der Waals surface area contributed by atoms with Gasteiger partial charge in [0.05, 0.1) is 6.61 Å². The van der Waals surface area contributed by atoms with E-state index in [0.29, 0.717) is 18.7 Å². The smallest absolute Gasteiger partial charge is 0.327 e. The molecule has 4 heteroatoms. The Morgan fingerprint density at radius 3 is 2.53 bits per heavy atom. The van der Waals surface area contributed by atoms with E-state index in [2.05, 4.69) is 24.2 Å². The Bertz CT molecular complexity index is 326. The number of nitrogens with zero attached hydrogens (tertiary/aromatic N) is 1. The van der Waals surface area contributed by atoms with Gasteiger partial charge in [-0.15, -0.1) is 0 Å². The molecule has 4 nitrogen and oxygen atoms in total. The van der Waals surface area contributed by atoms with E-state index < -0.39 is 5.54 Å². The van der Waals surface area contributed by atoms with Crippen LogP contribution in [-0.4, -0.2) is 48.7 Å². The summed E-state index contributed by atoms with van der Waals surface area (Å²) in [4.78, 5) is 14.6. The van der Waals surface area contributed by atoms with Gasteiger partial charge in [-0.25, -0.2) is 0 Å². The van der Waals surface area contributed by atoms with Gasteiger partial charge < -0.3 is 9.64 Å². The summed E-state index contributed by atoms with van der Waals surface area (Å²) in [5.41, 5.74) is -0.574. The number of hydrogen-bond acceptors (Lipinski definition) is 4. The second-order valence-corrected chi connectivity index (χ2v) is 6.46. The number of nitrogens with one attached hydrogen (secondary N) is 1. The minimum absolute atomic E-state index is 0.114. The fourth-order valence-corrected chi connectivity index (χ4v) is 2.72. The van der Waals surface area contributed by atoms with Crippen LogP contribution in [0.25, 0.3) is 0 Å². The van der Waals surface area contributed by atoms with Gasteiger partial charge in [-0.05, 0) is 59.4 Å². The zero-order valence-electron chi connectivity index (χ0n) is 12.7. The third kappa shape index (κ3) is 3.93. The maximum Gasteiger partial charge on any atom is 0.327 e. The van der Waals surface area contributed by atoms with Gasteiger partial charge in [0.1, 0.15) is 5.54 Å². The van der Waals surface area contributed by atoms with E-state index >= 15 is 0 Å². The third-order valence-corrected chi connectivity index (χ3v) is 4.39. The van der Waals surface area contributed by atoms with Gasteiger partial charge in [0.25, 0.3) is 0 Å². The normalized spacial score (nSPS) is 24.1. The van der Waals surface area contributed by atoms with E-state index in [1.807, 2.05) is 13.8 Å². The molecular formula is C15H28N2O2. The molecule has 0 bridgehead atoms. The highest BCUT2D eigenvalue weighted by Crippen LogP contribution is 2.35. The van der Waals surface area contributed by atoms with Crippen molar-refractivity contribution in [3.63, 3.8) is 0 Å². The van der Waals surface area contributed by atoms with Crippen molar-refractivity contribution in [1.82, 2.24) is 10.2 Å². The van der Waals surface area contributed by atoms with Crippen LogP contribution in [0.5, 0.6) is 0 Å². The molecule has 0 heterocycles. The third-order valence-electron chi connectivity index (χ3n) is 4.39. The molecule has 110 valence electrons. The van der Waals surface area contributed by atoms with Crippen LogP contribution in [0.2, 0.25) is 0 Å². The van der Waals surface area contributed by atoms with E-state index in [1.54, 1.807) is 0 Å². The summed E-state index contributed by atoms with van der Waals surface area (Å²) in [5, 5.41) is 3.48. The Balaban J connectivity index is 1.96. The topological polar surface area (TPSA) is 41.6 Å². The SMILES string of the molecule is CCOC(=O)C(C)(CN(C)C(C)C1CC1)NC1CC1. The monoisotopic (exact) mass is 268 g/mol. The van der Waals surface area contributed by atoms with Crippen LogP contribution in [0.3, 0.4) is 0 Å². The second kappa shape index (κ2) is 5.80. The van der Waals surface area contributed by atoms with Crippen molar-refractivity contribution >= 4 is 5.97 Å². The van der Waals surface area contributed by atoms with Crippen LogP contribution in [0.15, 0.2) is 0 Å². The fraction of sp³-hybridized carbons (Fsp3) is 0.933. The molecule has 2 unspecified atom stereocenters. The van der Waals surface area contributed by atoms with Crippen LogP contribution in [0, 0.1) is 5.92 Å².